The summed E-state index contributed by atoms with van der Waals surface area (Å²) in [5.74, 6) is -1.04. The van der Waals surface area contributed by atoms with Gasteiger partial charge in [-0.1, -0.05) is 70.7 Å². The maximum absolute atomic E-state index is 14.7. The Hall–Kier alpha value is -2.77. The summed E-state index contributed by atoms with van der Waals surface area (Å²) < 4.78 is 36.3. The molecule has 1 atom stereocenters. The first-order valence-electron chi connectivity index (χ1n) is 13.9. The quantitative estimate of drug-likeness (QED) is 0.132. The van der Waals surface area contributed by atoms with Crippen LogP contribution >= 0.6 is 0 Å². The minimum atomic E-state index is -1.22. The van der Waals surface area contributed by atoms with E-state index in [1.165, 1.54) is 12.1 Å². The van der Waals surface area contributed by atoms with Gasteiger partial charge in [0.05, 0.1) is 12.6 Å². The highest BCUT2D eigenvalue weighted by molar-refractivity contribution is 6.76. The molecule has 0 aliphatic heterocycles. The third-order valence-electron chi connectivity index (χ3n) is 6.80. The first kappa shape index (κ1) is 30.8. The largest absolute Gasteiger partial charge is 0.466 e. The highest BCUT2D eigenvalue weighted by Gasteiger charge is 2.29. The van der Waals surface area contributed by atoms with Gasteiger partial charge in [0, 0.05) is 44.1 Å². The Labute approximate surface area is 233 Å². The number of aromatic nitrogens is 1. The third-order valence-corrected chi connectivity index (χ3v) is 8.50. The lowest BCUT2D eigenvalue weighted by molar-refractivity contribution is -0.143. The molecule has 1 aromatic heterocycles. The number of carbonyl (C=O) groups is 1. The van der Waals surface area contributed by atoms with Gasteiger partial charge in [-0.15, -0.1) is 0 Å². The Bertz CT molecular complexity index is 1210. The number of hydrogen-bond acceptors (Lipinski definition) is 3. The van der Waals surface area contributed by atoms with Crippen molar-refractivity contribution in [1.82, 2.24) is 9.88 Å². The molecule has 2 aromatic carbocycles. The van der Waals surface area contributed by atoms with E-state index >= 15 is 0 Å². The van der Waals surface area contributed by atoms with Gasteiger partial charge >= 0.3 is 5.97 Å². The van der Waals surface area contributed by atoms with E-state index < -0.39 is 19.7 Å². The Morgan fingerprint density at radius 2 is 1.74 bits per heavy atom. The van der Waals surface area contributed by atoms with Crippen LogP contribution < -0.4 is 5.32 Å². The maximum Gasteiger partial charge on any atom is 0.305 e. The van der Waals surface area contributed by atoms with Gasteiger partial charge in [-0.05, 0) is 60.7 Å². The third kappa shape index (κ3) is 9.73. The monoisotopic (exact) mass is 554 g/mol. The average Bonchev–Trinajstić information content (AvgIpc) is 3.24. The average molecular weight is 555 g/mol. The van der Waals surface area contributed by atoms with E-state index in [2.05, 4.69) is 62.4 Å². The van der Waals surface area contributed by atoms with Crippen LogP contribution in [0.4, 0.5) is 8.78 Å². The molecule has 212 valence electrons. The first-order chi connectivity index (χ1) is 18.3. The van der Waals surface area contributed by atoms with E-state index in [1.54, 1.807) is 0 Å². The van der Waals surface area contributed by atoms with Gasteiger partial charge < -0.3 is 14.6 Å². The van der Waals surface area contributed by atoms with Crippen molar-refractivity contribution in [3.05, 3.63) is 83.7 Å². The Morgan fingerprint density at radius 1 is 1.03 bits per heavy atom. The van der Waals surface area contributed by atoms with Gasteiger partial charge in [-0.25, -0.2) is 8.78 Å². The lowest BCUT2D eigenvalue weighted by Gasteiger charge is -2.33. The van der Waals surface area contributed by atoms with E-state index in [9.17, 15) is 13.6 Å². The summed E-state index contributed by atoms with van der Waals surface area (Å²) in [6.45, 7) is 15.2. The molecule has 7 heteroatoms. The second kappa shape index (κ2) is 13.5. The summed E-state index contributed by atoms with van der Waals surface area (Å²) >= 11 is 0. The molecule has 1 heterocycles. The number of carbonyl (C=O) groups excluding carboxylic acids is 1. The molecule has 0 spiro atoms. The normalized spacial score (nSPS) is 12.9. The zero-order chi connectivity index (χ0) is 28.6. The van der Waals surface area contributed by atoms with Crippen molar-refractivity contribution in [3.8, 4) is 11.1 Å². The van der Waals surface area contributed by atoms with E-state index in [4.69, 9.17) is 4.74 Å². The fraction of sp³-hybridized carbons (Fsp3) is 0.469. The molecule has 4 nitrogen and oxygen atoms in total. The zero-order valence-corrected chi connectivity index (χ0v) is 25.3. The van der Waals surface area contributed by atoms with Crippen LogP contribution in [0.15, 0.2) is 60.8 Å². The molecule has 0 aliphatic carbocycles. The minimum Gasteiger partial charge on any atom is -0.466 e. The van der Waals surface area contributed by atoms with Crippen LogP contribution in [0.2, 0.25) is 25.7 Å². The van der Waals surface area contributed by atoms with Crippen molar-refractivity contribution in [2.75, 3.05) is 13.2 Å². The van der Waals surface area contributed by atoms with Crippen molar-refractivity contribution < 1.29 is 18.3 Å². The molecule has 0 saturated carbocycles. The van der Waals surface area contributed by atoms with Gasteiger partial charge in [0.25, 0.3) is 0 Å². The number of benzene rings is 2. The lowest BCUT2D eigenvalue weighted by Crippen LogP contribution is -2.34. The number of esters is 1. The number of nitrogens with one attached hydrogen (secondary N) is 1. The molecule has 0 saturated heterocycles. The Morgan fingerprint density at radius 3 is 2.41 bits per heavy atom. The summed E-state index contributed by atoms with van der Waals surface area (Å²) in [5.41, 5.74) is 2.88. The predicted octanol–water partition coefficient (Wildman–Crippen LogP) is 8.21. The molecule has 1 N–H and O–H groups in total. The van der Waals surface area contributed by atoms with E-state index in [0.717, 1.165) is 42.8 Å². The fourth-order valence-electron chi connectivity index (χ4n) is 4.59. The second-order valence-corrected chi connectivity index (χ2v) is 18.3. The number of unbranched alkanes of at least 4 members (excludes halogenated alkanes) is 1. The number of hydrogen-bond donors (Lipinski definition) is 1. The minimum absolute atomic E-state index is 0.0460. The Balaban J connectivity index is 1.74. The Kier molecular flexibility index (Phi) is 10.7. The van der Waals surface area contributed by atoms with E-state index in [0.29, 0.717) is 25.1 Å². The summed E-state index contributed by atoms with van der Waals surface area (Å²) in [4.78, 5) is 12.1. The van der Waals surface area contributed by atoms with Crippen molar-refractivity contribution >= 4 is 14.0 Å². The van der Waals surface area contributed by atoms with Gasteiger partial charge in [0.1, 0.15) is 11.6 Å². The molecule has 3 rings (SSSR count). The molecule has 0 aliphatic rings. The second-order valence-electron chi connectivity index (χ2n) is 12.6. The van der Waals surface area contributed by atoms with Crippen molar-refractivity contribution in [2.45, 2.75) is 78.3 Å². The molecule has 0 fully saturated rings. The number of halogens is 2. The van der Waals surface area contributed by atoms with Crippen LogP contribution in [-0.4, -0.2) is 31.8 Å². The van der Waals surface area contributed by atoms with Gasteiger partial charge in [0.2, 0.25) is 0 Å². The zero-order valence-electron chi connectivity index (χ0n) is 24.3. The highest BCUT2D eigenvalue weighted by Crippen LogP contribution is 2.37. The standard InChI is InChI=1S/C32H44F2N2O2Si/c1-32(2,3)31(35-17-11-10-14-30(37)38-18-19-39(4,5)6)29-20-25(27-21-26(33)15-16-28(27)34)23-36(29)22-24-12-8-7-9-13-24/h7-9,12-13,15-16,20-21,23,31,35H,10-11,14,17-19,22H2,1-6H3/t31-/m0/s1. The highest BCUT2D eigenvalue weighted by atomic mass is 28.3. The van der Waals surface area contributed by atoms with E-state index in [1.807, 2.05) is 30.5 Å². The molecule has 39 heavy (non-hydrogen) atoms. The van der Waals surface area contributed by atoms with Gasteiger partial charge in [0.15, 0.2) is 0 Å². The van der Waals surface area contributed by atoms with Crippen LogP contribution in [0.25, 0.3) is 11.1 Å². The molecular formula is C32H44F2N2O2Si. The van der Waals surface area contributed by atoms with E-state index in [-0.39, 0.29) is 23.0 Å². The van der Waals surface area contributed by atoms with Crippen molar-refractivity contribution in [3.63, 3.8) is 0 Å². The number of rotatable bonds is 13. The van der Waals surface area contributed by atoms with Crippen molar-refractivity contribution in [1.29, 1.82) is 0 Å². The molecule has 0 radical (unpaired) electrons. The van der Waals surface area contributed by atoms with Gasteiger partial charge in [-0.2, -0.15) is 0 Å². The van der Waals surface area contributed by atoms with Crippen LogP contribution in [0.1, 0.15) is 57.3 Å². The molecule has 3 aromatic rings. The summed E-state index contributed by atoms with van der Waals surface area (Å²) in [7, 11) is -1.22. The number of nitrogens with zero attached hydrogens (tertiary/aromatic N) is 1. The fourth-order valence-corrected chi connectivity index (χ4v) is 5.31. The molecule has 0 bridgehead atoms. The lowest BCUT2D eigenvalue weighted by atomic mass is 9.84. The molecule has 0 amide bonds. The van der Waals surface area contributed by atoms with Crippen LogP contribution in [0.5, 0.6) is 0 Å². The van der Waals surface area contributed by atoms with Gasteiger partial charge in [-0.3, -0.25) is 4.79 Å². The number of ether oxygens (including phenoxy) is 1. The van der Waals surface area contributed by atoms with Crippen LogP contribution in [0.3, 0.4) is 0 Å². The maximum atomic E-state index is 14.7. The van der Waals surface area contributed by atoms with Crippen LogP contribution in [0, 0.1) is 17.0 Å². The van der Waals surface area contributed by atoms with Crippen molar-refractivity contribution in [2.24, 2.45) is 5.41 Å². The molecule has 0 unspecified atom stereocenters. The first-order valence-corrected chi connectivity index (χ1v) is 17.6. The SMILES string of the molecule is CC(C)(C)[C@@H](NCCCCC(=O)OCC[Si](C)(C)C)c1cc(-c2cc(F)ccc2F)cn1Cc1ccccc1. The van der Waals surface area contributed by atoms with Crippen LogP contribution in [-0.2, 0) is 16.1 Å². The topological polar surface area (TPSA) is 43.3 Å². The smallest absolute Gasteiger partial charge is 0.305 e. The summed E-state index contributed by atoms with van der Waals surface area (Å²) in [6.07, 6.45) is 3.92. The summed E-state index contributed by atoms with van der Waals surface area (Å²) in [5, 5.41) is 3.69. The summed E-state index contributed by atoms with van der Waals surface area (Å²) in [6, 6.07) is 16.6. The molecular weight excluding hydrogens is 510 g/mol. The predicted molar refractivity (Wildman–Crippen MR) is 158 cm³/mol.